The van der Waals surface area contributed by atoms with E-state index < -0.39 is 6.04 Å². The smallest absolute Gasteiger partial charge is 0.329 e. The number of rotatable bonds is 5. The number of amides is 1. The van der Waals surface area contributed by atoms with Gasteiger partial charge in [0.25, 0.3) is 5.91 Å². The molecule has 0 radical (unpaired) electrons. The van der Waals surface area contributed by atoms with Crippen molar-refractivity contribution in [3.05, 3.63) is 24.2 Å². The second kappa shape index (κ2) is 7.22. The lowest BCUT2D eigenvalue weighted by Gasteiger charge is -2.29. The molecule has 1 aromatic rings. The molecule has 5 nitrogen and oxygen atoms in total. The Bertz CT molecular complexity index is 512. The van der Waals surface area contributed by atoms with Gasteiger partial charge in [0.05, 0.1) is 18.2 Å². The zero-order valence-corrected chi connectivity index (χ0v) is 14.3. The fourth-order valence-electron chi connectivity index (χ4n) is 2.35. The van der Waals surface area contributed by atoms with Crippen LogP contribution in [-0.2, 0) is 9.53 Å². The van der Waals surface area contributed by atoms with E-state index in [-0.39, 0.29) is 34.8 Å². The van der Waals surface area contributed by atoms with Gasteiger partial charge < -0.3 is 14.1 Å². The predicted octanol–water partition coefficient (Wildman–Crippen LogP) is 3.02. The number of esters is 1. The van der Waals surface area contributed by atoms with E-state index in [9.17, 15) is 9.59 Å². The van der Waals surface area contributed by atoms with Crippen molar-refractivity contribution in [3.8, 4) is 0 Å². The highest BCUT2D eigenvalue weighted by Gasteiger charge is 2.44. The van der Waals surface area contributed by atoms with Crippen molar-refractivity contribution in [3.63, 3.8) is 0 Å². The molecule has 2 atom stereocenters. The van der Waals surface area contributed by atoms with Crippen LogP contribution in [0.1, 0.15) is 38.2 Å². The molecule has 0 bridgehead atoms. The van der Waals surface area contributed by atoms with Gasteiger partial charge >= 0.3 is 5.97 Å². The molecule has 1 aliphatic heterocycles. The van der Waals surface area contributed by atoms with Gasteiger partial charge in [0.15, 0.2) is 5.76 Å². The summed E-state index contributed by atoms with van der Waals surface area (Å²) in [7, 11) is 0. The number of ether oxygens (including phenoxy) is 1. The van der Waals surface area contributed by atoms with E-state index in [0.717, 1.165) is 0 Å². The number of thioether (sulfide) groups is 1. The molecule has 0 N–H and O–H groups in total. The monoisotopic (exact) mass is 325 g/mol. The van der Waals surface area contributed by atoms with Crippen LogP contribution in [0.25, 0.3) is 0 Å². The highest BCUT2D eigenvalue weighted by Crippen LogP contribution is 2.35. The summed E-state index contributed by atoms with van der Waals surface area (Å²) in [5.41, 5.74) is 0. The summed E-state index contributed by atoms with van der Waals surface area (Å²) in [6, 6.07) is 2.75. The van der Waals surface area contributed by atoms with Crippen LogP contribution in [-0.4, -0.2) is 40.6 Å². The zero-order chi connectivity index (χ0) is 16.3. The van der Waals surface area contributed by atoms with Crippen LogP contribution < -0.4 is 0 Å². The van der Waals surface area contributed by atoms with Crippen LogP contribution in [0.2, 0.25) is 0 Å². The molecule has 1 aromatic heterocycles. The first-order valence-corrected chi connectivity index (χ1v) is 8.61. The van der Waals surface area contributed by atoms with Crippen molar-refractivity contribution in [1.82, 2.24) is 4.90 Å². The summed E-state index contributed by atoms with van der Waals surface area (Å²) < 4.78 is 10.5. The molecule has 0 saturated carbocycles. The first-order valence-electron chi connectivity index (χ1n) is 7.56. The van der Waals surface area contributed by atoms with Crippen molar-refractivity contribution < 1.29 is 18.7 Å². The summed E-state index contributed by atoms with van der Waals surface area (Å²) in [5.74, 6) is 0.755. The van der Waals surface area contributed by atoms with E-state index in [2.05, 4.69) is 0 Å². The third kappa shape index (κ3) is 3.66. The lowest BCUT2D eigenvalue weighted by molar-refractivity contribution is -0.149. The fraction of sp³-hybridized carbons (Fsp3) is 0.625. The summed E-state index contributed by atoms with van der Waals surface area (Å²) >= 11 is 1.62. The Balaban J connectivity index is 2.18. The maximum atomic E-state index is 12.7. The summed E-state index contributed by atoms with van der Waals surface area (Å²) in [6.07, 6.45) is 1.47. The van der Waals surface area contributed by atoms with Gasteiger partial charge in [-0.1, -0.05) is 27.7 Å². The van der Waals surface area contributed by atoms with Crippen LogP contribution in [0.4, 0.5) is 0 Å². The minimum atomic E-state index is -0.547. The Kier molecular flexibility index (Phi) is 5.56. The number of hydrogen-bond donors (Lipinski definition) is 0. The van der Waals surface area contributed by atoms with Gasteiger partial charge in [-0.15, -0.1) is 11.8 Å². The molecule has 2 rings (SSSR count). The van der Waals surface area contributed by atoms with Crippen molar-refractivity contribution in [2.45, 2.75) is 39.1 Å². The molecule has 2 unspecified atom stereocenters. The minimum Gasteiger partial charge on any atom is -0.464 e. The molecule has 2 heterocycles. The maximum absolute atomic E-state index is 12.7. The number of hydrogen-bond acceptors (Lipinski definition) is 5. The third-order valence-electron chi connectivity index (χ3n) is 3.40. The molecule has 0 aliphatic carbocycles. The second-order valence-corrected chi connectivity index (χ2v) is 7.35. The van der Waals surface area contributed by atoms with Crippen LogP contribution >= 0.6 is 11.8 Å². The van der Waals surface area contributed by atoms with Crippen molar-refractivity contribution in [1.29, 1.82) is 0 Å². The topological polar surface area (TPSA) is 59.8 Å². The van der Waals surface area contributed by atoms with Gasteiger partial charge in [0, 0.05) is 5.75 Å². The van der Waals surface area contributed by atoms with E-state index in [4.69, 9.17) is 9.15 Å². The average Bonchev–Trinajstić information content (AvgIpc) is 3.12. The van der Waals surface area contributed by atoms with Gasteiger partial charge in [0.2, 0.25) is 0 Å². The Morgan fingerprint density at radius 3 is 2.68 bits per heavy atom. The number of furan rings is 1. The summed E-state index contributed by atoms with van der Waals surface area (Å²) in [5, 5.41) is -0.0470. The number of carbonyl (C=O) groups excluding carboxylic acids is 2. The molecule has 122 valence electrons. The molecule has 1 fully saturated rings. The fourth-order valence-corrected chi connectivity index (χ4v) is 3.82. The van der Waals surface area contributed by atoms with Crippen molar-refractivity contribution in [2.24, 2.45) is 11.8 Å². The Labute approximate surface area is 135 Å². The normalized spacial score (nSPS) is 21.6. The minimum absolute atomic E-state index is 0.0470. The molecule has 22 heavy (non-hydrogen) atoms. The van der Waals surface area contributed by atoms with Crippen LogP contribution in [0.3, 0.4) is 0 Å². The van der Waals surface area contributed by atoms with Crippen molar-refractivity contribution >= 4 is 23.6 Å². The SMILES string of the molecule is CC(C)COC(=O)C1CSC(C(C)C)N1C(=O)c1ccco1. The van der Waals surface area contributed by atoms with Gasteiger partial charge in [-0.3, -0.25) is 4.79 Å². The molecule has 0 aromatic carbocycles. The molecule has 1 amide bonds. The Hall–Kier alpha value is -1.43. The van der Waals surface area contributed by atoms with E-state index in [1.54, 1.807) is 28.8 Å². The molecule has 1 saturated heterocycles. The lowest BCUT2D eigenvalue weighted by atomic mass is 10.1. The Morgan fingerprint density at radius 2 is 2.14 bits per heavy atom. The first-order chi connectivity index (χ1) is 10.4. The largest absolute Gasteiger partial charge is 0.464 e. The zero-order valence-electron chi connectivity index (χ0n) is 13.4. The van der Waals surface area contributed by atoms with E-state index in [0.29, 0.717) is 12.4 Å². The summed E-state index contributed by atoms with van der Waals surface area (Å²) in [4.78, 5) is 26.7. The predicted molar refractivity (Wildman–Crippen MR) is 85.5 cm³/mol. The molecule has 1 aliphatic rings. The molecular formula is C16H23NO4S. The van der Waals surface area contributed by atoms with E-state index >= 15 is 0 Å². The van der Waals surface area contributed by atoms with Crippen LogP contribution in [0, 0.1) is 11.8 Å². The van der Waals surface area contributed by atoms with Gasteiger partial charge in [-0.25, -0.2) is 4.79 Å². The van der Waals surface area contributed by atoms with Crippen LogP contribution in [0.15, 0.2) is 22.8 Å². The van der Waals surface area contributed by atoms with Crippen molar-refractivity contribution in [2.75, 3.05) is 12.4 Å². The first kappa shape index (κ1) is 16.9. The number of nitrogens with zero attached hydrogens (tertiary/aromatic N) is 1. The molecule has 0 spiro atoms. The van der Waals surface area contributed by atoms with E-state index in [1.165, 1.54) is 6.26 Å². The average molecular weight is 325 g/mol. The standard InChI is InChI=1S/C16H23NO4S/c1-10(2)8-21-16(19)12-9-22-15(11(3)4)17(12)14(18)13-6-5-7-20-13/h5-7,10-12,15H,8-9H2,1-4H3. The maximum Gasteiger partial charge on any atom is 0.329 e. The van der Waals surface area contributed by atoms with Gasteiger partial charge in [-0.2, -0.15) is 0 Å². The lowest BCUT2D eigenvalue weighted by Crippen LogP contribution is -2.47. The second-order valence-electron chi connectivity index (χ2n) is 6.20. The van der Waals surface area contributed by atoms with Gasteiger partial charge in [0.1, 0.15) is 6.04 Å². The van der Waals surface area contributed by atoms with E-state index in [1.807, 2.05) is 27.7 Å². The Morgan fingerprint density at radius 1 is 1.41 bits per heavy atom. The van der Waals surface area contributed by atoms with Crippen LogP contribution in [0.5, 0.6) is 0 Å². The van der Waals surface area contributed by atoms with Gasteiger partial charge in [-0.05, 0) is 24.0 Å². The quantitative estimate of drug-likeness (QED) is 0.779. The summed E-state index contributed by atoms with van der Waals surface area (Å²) in [6.45, 7) is 8.43. The third-order valence-corrected chi connectivity index (χ3v) is 5.02. The molecule has 6 heteroatoms. The number of carbonyl (C=O) groups is 2. The molecular weight excluding hydrogens is 302 g/mol. The highest BCUT2D eigenvalue weighted by molar-refractivity contribution is 8.00. The highest BCUT2D eigenvalue weighted by atomic mass is 32.2.